The Bertz CT molecular complexity index is 337. The fraction of sp³-hybridized carbons (Fsp3) is 0.571. The van der Waals surface area contributed by atoms with Crippen molar-refractivity contribution in [1.82, 2.24) is 5.32 Å². The van der Waals surface area contributed by atoms with Gasteiger partial charge in [0.15, 0.2) is 0 Å². The highest BCUT2D eigenvalue weighted by molar-refractivity contribution is 5.32. The fourth-order valence-corrected chi connectivity index (χ4v) is 1.87. The lowest BCUT2D eigenvalue weighted by Crippen LogP contribution is -2.28. The van der Waals surface area contributed by atoms with Crippen molar-refractivity contribution in [2.75, 3.05) is 0 Å². The summed E-state index contributed by atoms with van der Waals surface area (Å²) < 4.78 is 13.5. The van der Waals surface area contributed by atoms with Crippen LogP contribution in [-0.4, -0.2) is 6.04 Å². The van der Waals surface area contributed by atoms with Crippen molar-refractivity contribution in [2.24, 2.45) is 0 Å². The van der Waals surface area contributed by atoms with Gasteiger partial charge in [0.2, 0.25) is 0 Å². The number of benzene rings is 1. The van der Waals surface area contributed by atoms with Crippen molar-refractivity contribution in [3.63, 3.8) is 0 Å². The molecule has 2 unspecified atom stereocenters. The lowest BCUT2D eigenvalue weighted by atomic mass is 10.0. The maximum Gasteiger partial charge on any atom is 0.129 e. The predicted molar refractivity (Wildman–Crippen MR) is 67.2 cm³/mol. The number of hydrogen-bond acceptors (Lipinski definition) is 1. The second-order valence-corrected chi connectivity index (χ2v) is 4.67. The Balaban J connectivity index is 2.88. The summed E-state index contributed by atoms with van der Waals surface area (Å²) in [4.78, 5) is 0. The number of nitrogens with one attached hydrogen (secondary N) is 1. The highest BCUT2D eigenvalue weighted by atomic mass is 19.1. The van der Waals surface area contributed by atoms with Crippen LogP contribution in [0.4, 0.5) is 4.39 Å². The summed E-state index contributed by atoms with van der Waals surface area (Å²) in [6.07, 6.45) is 1.10. The second-order valence-electron chi connectivity index (χ2n) is 4.67. The zero-order valence-electron chi connectivity index (χ0n) is 10.9. The minimum atomic E-state index is -0.0838. The van der Waals surface area contributed by atoms with Crippen LogP contribution in [0.3, 0.4) is 0 Å². The van der Waals surface area contributed by atoms with Gasteiger partial charge in [-0.2, -0.15) is 0 Å². The topological polar surface area (TPSA) is 12.0 Å². The van der Waals surface area contributed by atoms with E-state index >= 15 is 0 Å². The summed E-state index contributed by atoms with van der Waals surface area (Å²) in [6.45, 7) is 10.1. The van der Waals surface area contributed by atoms with Gasteiger partial charge in [-0.1, -0.05) is 19.1 Å². The zero-order valence-corrected chi connectivity index (χ0v) is 10.9. The molecule has 0 fully saturated rings. The number of rotatable bonds is 4. The first-order valence-corrected chi connectivity index (χ1v) is 5.98. The molecule has 1 aromatic carbocycles. The number of halogens is 1. The van der Waals surface area contributed by atoms with Crippen LogP contribution in [0.1, 0.15) is 49.9 Å². The Morgan fingerprint density at radius 1 is 1.19 bits per heavy atom. The molecule has 0 saturated heterocycles. The van der Waals surface area contributed by atoms with Crippen molar-refractivity contribution in [1.29, 1.82) is 0 Å². The molecule has 1 aromatic rings. The first kappa shape index (κ1) is 13.2. The van der Waals surface area contributed by atoms with Gasteiger partial charge in [0, 0.05) is 12.1 Å². The number of hydrogen-bond donors (Lipinski definition) is 1. The highest BCUT2D eigenvalue weighted by Crippen LogP contribution is 2.20. The van der Waals surface area contributed by atoms with Gasteiger partial charge in [0.1, 0.15) is 5.82 Å². The molecule has 0 heterocycles. The Labute approximate surface area is 98.1 Å². The molecule has 1 rings (SSSR count). The first-order chi connectivity index (χ1) is 7.45. The summed E-state index contributed by atoms with van der Waals surface area (Å²) in [6, 6.07) is 4.62. The van der Waals surface area contributed by atoms with Gasteiger partial charge in [0.05, 0.1) is 0 Å². The highest BCUT2D eigenvalue weighted by Gasteiger charge is 2.11. The molecule has 1 N–H and O–H groups in total. The second kappa shape index (κ2) is 5.44. The monoisotopic (exact) mass is 223 g/mol. The average molecular weight is 223 g/mol. The molecule has 0 aromatic heterocycles. The fourth-order valence-electron chi connectivity index (χ4n) is 1.87. The molecular formula is C14H22FN. The van der Waals surface area contributed by atoms with Crippen LogP contribution in [-0.2, 0) is 0 Å². The van der Waals surface area contributed by atoms with E-state index in [1.165, 1.54) is 0 Å². The summed E-state index contributed by atoms with van der Waals surface area (Å²) in [5, 5.41) is 3.50. The minimum absolute atomic E-state index is 0.0838. The van der Waals surface area contributed by atoms with Crippen molar-refractivity contribution in [3.8, 4) is 0 Å². The normalized spacial score (nSPS) is 14.9. The third-order valence-electron chi connectivity index (χ3n) is 3.11. The molecule has 1 nitrogen and oxygen atoms in total. The van der Waals surface area contributed by atoms with E-state index in [2.05, 4.69) is 26.1 Å². The predicted octanol–water partition coefficient (Wildman–Crippen LogP) is 3.89. The largest absolute Gasteiger partial charge is 0.308 e. The Morgan fingerprint density at radius 3 is 2.12 bits per heavy atom. The van der Waals surface area contributed by atoms with E-state index in [1.54, 1.807) is 0 Å². The minimum Gasteiger partial charge on any atom is -0.308 e. The van der Waals surface area contributed by atoms with Crippen LogP contribution in [0.25, 0.3) is 0 Å². The zero-order chi connectivity index (χ0) is 12.3. The van der Waals surface area contributed by atoms with E-state index in [9.17, 15) is 4.39 Å². The lowest BCUT2D eigenvalue weighted by Gasteiger charge is -2.20. The van der Waals surface area contributed by atoms with Gasteiger partial charge in [0.25, 0.3) is 0 Å². The Hall–Kier alpha value is -0.890. The van der Waals surface area contributed by atoms with Gasteiger partial charge in [-0.15, -0.1) is 0 Å². The molecule has 2 heteroatoms. The maximum absolute atomic E-state index is 13.5. The quantitative estimate of drug-likeness (QED) is 0.816. The van der Waals surface area contributed by atoms with Crippen LogP contribution in [0, 0.1) is 19.7 Å². The molecule has 0 amide bonds. The molecule has 0 radical (unpaired) electrons. The van der Waals surface area contributed by atoms with Gasteiger partial charge in [-0.3, -0.25) is 0 Å². The first-order valence-electron chi connectivity index (χ1n) is 5.98. The summed E-state index contributed by atoms with van der Waals surface area (Å²) in [7, 11) is 0. The molecule has 0 saturated carbocycles. The summed E-state index contributed by atoms with van der Waals surface area (Å²) >= 11 is 0. The summed E-state index contributed by atoms with van der Waals surface area (Å²) in [5.74, 6) is -0.0838. The van der Waals surface area contributed by atoms with Crippen molar-refractivity contribution >= 4 is 0 Å². The van der Waals surface area contributed by atoms with Gasteiger partial charge < -0.3 is 5.32 Å². The smallest absolute Gasteiger partial charge is 0.129 e. The maximum atomic E-state index is 13.5. The van der Waals surface area contributed by atoms with Crippen LogP contribution in [0.5, 0.6) is 0 Å². The molecule has 90 valence electrons. The number of aryl methyl sites for hydroxylation is 2. The van der Waals surface area contributed by atoms with Crippen molar-refractivity contribution in [3.05, 3.63) is 34.6 Å². The molecule has 0 aliphatic heterocycles. The molecule has 0 aliphatic carbocycles. The van der Waals surface area contributed by atoms with Crippen molar-refractivity contribution in [2.45, 2.75) is 53.1 Å². The average Bonchev–Trinajstić information content (AvgIpc) is 2.24. The van der Waals surface area contributed by atoms with E-state index in [0.717, 1.165) is 23.1 Å². The molecule has 0 bridgehead atoms. The standard InChI is InChI=1S/C14H22FN/c1-6-11(4)16-12(5)13-7-9(2)14(15)10(3)8-13/h7-8,11-12,16H,6H2,1-5H3. The van der Waals surface area contributed by atoms with E-state index in [-0.39, 0.29) is 11.9 Å². The van der Waals surface area contributed by atoms with Crippen LogP contribution in [0.2, 0.25) is 0 Å². The van der Waals surface area contributed by atoms with Gasteiger partial charge >= 0.3 is 0 Å². The Kier molecular flexibility index (Phi) is 4.48. The van der Waals surface area contributed by atoms with E-state index in [0.29, 0.717) is 6.04 Å². The van der Waals surface area contributed by atoms with E-state index < -0.39 is 0 Å². The summed E-state index contributed by atoms with van der Waals surface area (Å²) in [5.41, 5.74) is 2.62. The Morgan fingerprint density at radius 2 is 1.69 bits per heavy atom. The third-order valence-corrected chi connectivity index (χ3v) is 3.11. The van der Waals surface area contributed by atoms with Crippen molar-refractivity contribution < 1.29 is 4.39 Å². The lowest BCUT2D eigenvalue weighted by molar-refractivity contribution is 0.468. The van der Waals surface area contributed by atoms with Crippen LogP contribution in [0.15, 0.2) is 12.1 Å². The SMILES string of the molecule is CCC(C)NC(C)c1cc(C)c(F)c(C)c1. The third kappa shape index (κ3) is 3.05. The molecular weight excluding hydrogens is 201 g/mol. The van der Waals surface area contributed by atoms with E-state index in [1.807, 2.05) is 26.0 Å². The molecule has 0 spiro atoms. The van der Waals surface area contributed by atoms with E-state index in [4.69, 9.17) is 0 Å². The van der Waals surface area contributed by atoms with Gasteiger partial charge in [-0.25, -0.2) is 4.39 Å². The molecule has 0 aliphatic rings. The van der Waals surface area contributed by atoms with Crippen LogP contribution >= 0.6 is 0 Å². The molecule has 2 atom stereocenters. The van der Waals surface area contributed by atoms with Crippen LogP contribution < -0.4 is 5.32 Å². The molecule has 16 heavy (non-hydrogen) atoms. The van der Waals surface area contributed by atoms with Gasteiger partial charge in [-0.05, 0) is 50.8 Å².